The van der Waals surface area contributed by atoms with Crippen molar-refractivity contribution >= 4 is 0 Å². The van der Waals surface area contributed by atoms with Gasteiger partial charge in [-0.15, -0.1) is 0 Å². The van der Waals surface area contributed by atoms with Crippen molar-refractivity contribution in [1.82, 2.24) is 4.90 Å². The molecule has 1 heterocycles. The van der Waals surface area contributed by atoms with E-state index in [0.29, 0.717) is 17.7 Å². The quantitative estimate of drug-likeness (QED) is 0.756. The zero-order valence-electron chi connectivity index (χ0n) is 16.1. The van der Waals surface area contributed by atoms with E-state index in [1.807, 2.05) is 12.1 Å². The Balaban J connectivity index is 1.78. The molecule has 1 aliphatic heterocycles. The molecule has 2 aromatic carbocycles. The molecule has 1 saturated heterocycles. The van der Waals surface area contributed by atoms with Crippen LogP contribution in [0.25, 0.3) is 0 Å². The average molecular weight is 350 g/mol. The smallest absolute Gasteiger partial charge is 0.115 e. The minimum atomic E-state index is 0.0273. The number of phenols is 1. The number of aromatic hydroxyl groups is 1. The Kier molecular flexibility index (Phi) is 4.79. The van der Waals surface area contributed by atoms with E-state index in [1.54, 1.807) is 0 Å². The van der Waals surface area contributed by atoms with Crippen molar-refractivity contribution in [1.29, 1.82) is 0 Å². The summed E-state index contributed by atoms with van der Waals surface area (Å²) in [6, 6.07) is 17.7. The first-order valence-electron chi connectivity index (χ1n) is 10.3. The van der Waals surface area contributed by atoms with Gasteiger partial charge >= 0.3 is 0 Å². The van der Waals surface area contributed by atoms with Gasteiger partial charge < -0.3 is 5.11 Å². The zero-order chi connectivity index (χ0) is 18.1. The van der Waals surface area contributed by atoms with Gasteiger partial charge in [0.05, 0.1) is 0 Å². The van der Waals surface area contributed by atoms with Gasteiger partial charge in [-0.3, -0.25) is 4.90 Å². The van der Waals surface area contributed by atoms with Gasteiger partial charge in [-0.2, -0.15) is 0 Å². The molecule has 0 spiro atoms. The SMILES string of the molecule is CCCCCN1CCC2(c3ccccc3)c3cc(O)ccc3CC1C2C. The van der Waals surface area contributed by atoms with E-state index in [1.165, 1.54) is 42.5 Å². The van der Waals surface area contributed by atoms with Crippen LogP contribution in [0.15, 0.2) is 48.5 Å². The first-order valence-corrected chi connectivity index (χ1v) is 10.3. The second-order valence-corrected chi connectivity index (χ2v) is 8.23. The third kappa shape index (κ3) is 2.75. The van der Waals surface area contributed by atoms with Gasteiger partial charge in [0, 0.05) is 11.5 Å². The lowest BCUT2D eigenvalue weighted by Gasteiger charge is -2.56. The molecule has 2 aliphatic rings. The summed E-state index contributed by atoms with van der Waals surface area (Å²) < 4.78 is 0. The van der Waals surface area contributed by atoms with E-state index in [0.717, 1.165) is 19.4 Å². The lowest BCUT2D eigenvalue weighted by Crippen LogP contribution is -2.59. The highest BCUT2D eigenvalue weighted by Crippen LogP contribution is 2.53. The number of nitrogens with zero attached hydrogens (tertiary/aromatic N) is 1. The van der Waals surface area contributed by atoms with Gasteiger partial charge in [0.15, 0.2) is 0 Å². The number of benzene rings is 2. The topological polar surface area (TPSA) is 23.5 Å². The first kappa shape index (κ1) is 17.6. The van der Waals surface area contributed by atoms with Gasteiger partial charge in [-0.05, 0) is 67.1 Å². The fraction of sp³-hybridized carbons (Fsp3) is 0.500. The molecule has 1 aliphatic carbocycles. The Labute approximate surface area is 157 Å². The molecule has 138 valence electrons. The summed E-state index contributed by atoms with van der Waals surface area (Å²) in [6.45, 7) is 7.10. The van der Waals surface area contributed by atoms with Gasteiger partial charge in [0.2, 0.25) is 0 Å². The van der Waals surface area contributed by atoms with Crippen LogP contribution in [0.3, 0.4) is 0 Å². The van der Waals surface area contributed by atoms with Gasteiger partial charge in [0.1, 0.15) is 5.75 Å². The van der Waals surface area contributed by atoms with Crippen LogP contribution in [0.1, 0.15) is 56.2 Å². The fourth-order valence-electron chi connectivity index (χ4n) is 5.57. The molecular weight excluding hydrogens is 318 g/mol. The summed E-state index contributed by atoms with van der Waals surface area (Å²) in [4.78, 5) is 2.75. The highest BCUT2D eigenvalue weighted by molar-refractivity contribution is 5.51. The lowest BCUT2D eigenvalue weighted by atomic mass is 9.55. The Morgan fingerprint density at radius 3 is 2.69 bits per heavy atom. The number of rotatable bonds is 5. The molecule has 2 bridgehead atoms. The van der Waals surface area contributed by atoms with E-state index in [-0.39, 0.29) is 5.41 Å². The lowest BCUT2D eigenvalue weighted by molar-refractivity contribution is 0.0397. The monoisotopic (exact) mass is 349 g/mol. The third-order valence-electron chi connectivity index (χ3n) is 6.96. The van der Waals surface area contributed by atoms with Crippen molar-refractivity contribution in [3.63, 3.8) is 0 Å². The summed E-state index contributed by atoms with van der Waals surface area (Å²) in [7, 11) is 0. The minimum absolute atomic E-state index is 0.0273. The van der Waals surface area contributed by atoms with E-state index in [9.17, 15) is 5.11 Å². The summed E-state index contributed by atoms with van der Waals surface area (Å²) in [5.41, 5.74) is 4.23. The van der Waals surface area contributed by atoms with Crippen molar-refractivity contribution in [3.05, 3.63) is 65.2 Å². The predicted octanol–water partition coefficient (Wildman–Crippen LogP) is 5.14. The second kappa shape index (κ2) is 7.08. The van der Waals surface area contributed by atoms with E-state index in [2.05, 4.69) is 55.1 Å². The average Bonchev–Trinajstić information content (AvgIpc) is 2.66. The first-order chi connectivity index (χ1) is 12.7. The van der Waals surface area contributed by atoms with Crippen LogP contribution in [0, 0.1) is 5.92 Å². The van der Waals surface area contributed by atoms with Crippen LogP contribution >= 0.6 is 0 Å². The van der Waals surface area contributed by atoms with Crippen molar-refractivity contribution in [3.8, 4) is 5.75 Å². The highest BCUT2D eigenvalue weighted by Gasteiger charge is 2.51. The van der Waals surface area contributed by atoms with Gasteiger partial charge in [0.25, 0.3) is 0 Å². The minimum Gasteiger partial charge on any atom is -0.508 e. The predicted molar refractivity (Wildman–Crippen MR) is 108 cm³/mol. The van der Waals surface area contributed by atoms with Gasteiger partial charge in [-0.1, -0.05) is 63.1 Å². The summed E-state index contributed by atoms with van der Waals surface area (Å²) in [6.07, 6.45) is 6.16. The fourth-order valence-corrected chi connectivity index (χ4v) is 5.57. The van der Waals surface area contributed by atoms with Crippen LogP contribution < -0.4 is 0 Å². The number of hydrogen-bond acceptors (Lipinski definition) is 2. The standard InChI is InChI=1S/C24H31NO/c1-3-4-8-14-25-15-13-24(20-9-6-5-7-10-20)18(2)23(25)16-19-11-12-21(26)17-22(19)24/h5-7,9-12,17-18,23,26H,3-4,8,13-16H2,1-2H3. The summed E-state index contributed by atoms with van der Waals surface area (Å²) >= 11 is 0. The number of hydrogen-bond donors (Lipinski definition) is 1. The molecular formula is C24H31NO. The van der Waals surface area contributed by atoms with Crippen LogP contribution in [-0.2, 0) is 11.8 Å². The van der Waals surface area contributed by atoms with Crippen molar-refractivity contribution in [2.75, 3.05) is 13.1 Å². The van der Waals surface area contributed by atoms with Crippen molar-refractivity contribution < 1.29 is 5.11 Å². The molecule has 2 nitrogen and oxygen atoms in total. The molecule has 2 aromatic rings. The number of piperidine rings is 1. The maximum atomic E-state index is 10.2. The molecule has 1 N–H and O–H groups in total. The number of fused-ring (bicyclic) bond motifs is 4. The highest BCUT2D eigenvalue weighted by atomic mass is 16.3. The molecule has 0 aromatic heterocycles. The molecule has 0 amide bonds. The Hall–Kier alpha value is -1.80. The molecule has 4 rings (SSSR count). The molecule has 3 atom stereocenters. The Morgan fingerprint density at radius 2 is 1.92 bits per heavy atom. The number of likely N-dealkylation sites (tertiary alicyclic amines) is 1. The molecule has 1 fully saturated rings. The van der Waals surface area contributed by atoms with Crippen LogP contribution in [0.2, 0.25) is 0 Å². The maximum absolute atomic E-state index is 10.2. The molecule has 26 heavy (non-hydrogen) atoms. The van der Waals surface area contributed by atoms with E-state index >= 15 is 0 Å². The number of phenolic OH excluding ortho intramolecular Hbond substituents is 1. The zero-order valence-corrected chi connectivity index (χ0v) is 16.1. The van der Waals surface area contributed by atoms with Crippen LogP contribution in [-0.4, -0.2) is 29.1 Å². The Morgan fingerprint density at radius 1 is 1.12 bits per heavy atom. The summed E-state index contributed by atoms with van der Waals surface area (Å²) in [5, 5.41) is 10.2. The molecule has 3 unspecified atom stereocenters. The van der Waals surface area contributed by atoms with Crippen molar-refractivity contribution in [2.24, 2.45) is 5.92 Å². The summed E-state index contributed by atoms with van der Waals surface area (Å²) in [5.74, 6) is 0.949. The molecule has 2 heteroatoms. The van der Waals surface area contributed by atoms with E-state index < -0.39 is 0 Å². The maximum Gasteiger partial charge on any atom is 0.115 e. The Bertz CT molecular complexity index is 756. The normalized spacial score (nSPS) is 27.9. The van der Waals surface area contributed by atoms with Crippen LogP contribution in [0.5, 0.6) is 5.75 Å². The largest absolute Gasteiger partial charge is 0.508 e. The second-order valence-electron chi connectivity index (χ2n) is 8.23. The third-order valence-corrected chi connectivity index (χ3v) is 6.96. The number of unbranched alkanes of at least 4 members (excludes halogenated alkanes) is 2. The van der Waals surface area contributed by atoms with Gasteiger partial charge in [-0.25, -0.2) is 0 Å². The molecule has 0 saturated carbocycles. The van der Waals surface area contributed by atoms with Crippen molar-refractivity contribution in [2.45, 2.75) is 57.4 Å². The van der Waals surface area contributed by atoms with E-state index in [4.69, 9.17) is 0 Å². The molecule has 0 radical (unpaired) electrons. The van der Waals surface area contributed by atoms with Crippen LogP contribution in [0.4, 0.5) is 0 Å².